The lowest BCUT2D eigenvalue weighted by molar-refractivity contribution is 0.404. The van der Waals surface area contributed by atoms with Crippen molar-refractivity contribution in [3.8, 4) is 11.5 Å². The molecule has 21 heavy (non-hydrogen) atoms. The Morgan fingerprint density at radius 2 is 1.90 bits per heavy atom. The maximum Gasteiger partial charge on any atom is 0.198 e. The lowest BCUT2D eigenvalue weighted by Crippen LogP contribution is -2.21. The van der Waals surface area contributed by atoms with Crippen molar-refractivity contribution in [1.82, 2.24) is 4.98 Å². The molecule has 0 aliphatic heterocycles. The van der Waals surface area contributed by atoms with E-state index < -0.39 is 17.4 Å². The van der Waals surface area contributed by atoms with Gasteiger partial charge in [0.1, 0.15) is 5.75 Å². The zero-order valence-corrected chi connectivity index (χ0v) is 12.1. The number of nitrogens with zero attached hydrogens (tertiary/aromatic N) is 1. The highest BCUT2D eigenvalue weighted by molar-refractivity contribution is 5.35. The average Bonchev–Trinajstić information content (AvgIpc) is 2.44. The van der Waals surface area contributed by atoms with E-state index in [1.807, 2.05) is 13.8 Å². The lowest BCUT2D eigenvalue weighted by atomic mass is 10.0. The highest BCUT2D eigenvalue weighted by atomic mass is 19.1. The Bertz CT molecular complexity index is 591. The van der Waals surface area contributed by atoms with Crippen LogP contribution in [0.2, 0.25) is 0 Å². The molecular formula is C16H18F2N2O. The summed E-state index contributed by atoms with van der Waals surface area (Å²) in [5, 5.41) is 0. The summed E-state index contributed by atoms with van der Waals surface area (Å²) in [5.41, 5.74) is 7.12. The van der Waals surface area contributed by atoms with Crippen LogP contribution in [0.3, 0.4) is 0 Å². The Morgan fingerprint density at radius 3 is 2.43 bits per heavy atom. The van der Waals surface area contributed by atoms with Gasteiger partial charge in [-0.2, -0.15) is 0 Å². The quantitative estimate of drug-likeness (QED) is 0.913. The molecule has 2 N–H and O–H groups in total. The molecule has 1 unspecified atom stereocenters. The number of rotatable bonds is 5. The van der Waals surface area contributed by atoms with Gasteiger partial charge in [0.15, 0.2) is 17.4 Å². The fourth-order valence-electron chi connectivity index (χ4n) is 1.91. The molecule has 0 spiro atoms. The van der Waals surface area contributed by atoms with E-state index in [0.29, 0.717) is 12.0 Å². The van der Waals surface area contributed by atoms with Crippen molar-refractivity contribution in [2.45, 2.75) is 32.7 Å². The van der Waals surface area contributed by atoms with Gasteiger partial charge in [-0.1, -0.05) is 6.92 Å². The highest BCUT2D eigenvalue weighted by Gasteiger charge is 2.15. The van der Waals surface area contributed by atoms with E-state index in [1.54, 1.807) is 12.1 Å². The normalized spacial score (nSPS) is 12.2. The smallest absolute Gasteiger partial charge is 0.198 e. The summed E-state index contributed by atoms with van der Waals surface area (Å²) in [7, 11) is 0. The van der Waals surface area contributed by atoms with Crippen molar-refractivity contribution in [2.24, 2.45) is 5.73 Å². The summed E-state index contributed by atoms with van der Waals surface area (Å²) < 4.78 is 33.2. The van der Waals surface area contributed by atoms with Crippen LogP contribution in [0.1, 0.15) is 24.6 Å². The molecule has 0 aliphatic rings. The molecule has 2 aromatic rings. The molecule has 0 bridgehead atoms. The van der Waals surface area contributed by atoms with Gasteiger partial charge in [-0.3, -0.25) is 4.98 Å². The zero-order chi connectivity index (χ0) is 15.4. The van der Waals surface area contributed by atoms with Crippen molar-refractivity contribution in [3.63, 3.8) is 0 Å². The molecule has 1 atom stereocenters. The van der Waals surface area contributed by atoms with Crippen LogP contribution in [0.15, 0.2) is 30.5 Å². The van der Waals surface area contributed by atoms with E-state index in [4.69, 9.17) is 10.5 Å². The fraction of sp³-hybridized carbons (Fsp3) is 0.312. The molecular weight excluding hydrogens is 274 g/mol. The molecule has 0 amide bonds. The van der Waals surface area contributed by atoms with Gasteiger partial charge < -0.3 is 10.5 Å². The largest absolute Gasteiger partial charge is 0.450 e. The van der Waals surface area contributed by atoms with Crippen molar-refractivity contribution in [1.29, 1.82) is 0 Å². The maximum absolute atomic E-state index is 14.0. The molecule has 1 aromatic heterocycles. The molecule has 0 saturated carbocycles. The molecule has 0 radical (unpaired) electrons. The number of nitrogens with two attached hydrogens (primary N) is 1. The van der Waals surface area contributed by atoms with Crippen LogP contribution in [0.5, 0.6) is 11.5 Å². The van der Waals surface area contributed by atoms with Gasteiger partial charge in [0, 0.05) is 11.7 Å². The number of halogens is 2. The third-order valence-electron chi connectivity index (χ3n) is 3.18. The van der Waals surface area contributed by atoms with Crippen LogP contribution in [0.4, 0.5) is 8.78 Å². The first-order valence-corrected chi connectivity index (χ1v) is 6.83. The Balaban J connectivity index is 2.22. The summed E-state index contributed by atoms with van der Waals surface area (Å²) in [6.45, 7) is 3.75. The number of hydrogen-bond acceptors (Lipinski definition) is 3. The van der Waals surface area contributed by atoms with E-state index in [2.05, 4.69) is 4.98 Å². The number of hydrogen-bond donors (Lipinski definition) is 1. The molecule has 3 nitrogen and oxygen atoms in total. The second kappa shape index (κ2) is 6.63. The topological polar surface area (TPSA) is 48.1 Å². The molecule has 112 valence electrons. The Labute approximate surface area is 122 Å². The van der Waals surface area contributed by atoms with Gasteiger partial charge in [0.25, 0.3) is 0 Å². The predicted molar refractivity (Wildman–Crippen MR) is 77.4 cm³/mol. The first kappa shape index (κ1) is 15.4. The second-order valence-electron chi connectivity index (χ2n) is 5.00. The van der Waals surface area contributed by atoms with Crippen molar-refractivity contribution in [2.75, 3.05) is 0 Å². The van der Waals surface area contributed by atoms with E-state index in [9.17, 15) is 8.78 Å². The van der Waals surface area contributed by atoms with Crippen LogP contribution < -0.4 is 10.5 Å². The summed E-state index contributed by atoms with van der Waals surface area (Å²) in [6, 6.07) is 5.73. The standard InChI is InChI=1S/C16H18F2N2O/c1-3-12(19)6-11-7-14(17)16(15(18)8-11)21-13-5-4-10(2)20-9-13/h4-5,7-9,12H,3,6,19H2,1-2H3. The molecule has 1 heterocycles. The van der Waals surface area contributed by atoms with Crippen LogP contribution in [-0.2, 0) is 6.42 Å². The van der Waals surface area contributed by atoms with Gasteiger partial charge in [0.2, 0.25) is 0 Å². The minimum Gasteiger partial charge on any atom is -0.450 e. The Morgan fingerprint density at radius 1 is 1.24 bits per heavy atom. The summed E-state index contributed by atoms with van der Waals surface area (Å²) >= 11 is 0. The minimum atomic E-state index is -0.742. The first-order valence-electron chi connectivity index (χ1n) is 6.83. The second-order valence-corrected chi connectivity index (χ2v) is 5.00. The summed E-state index contributed by atoms with van der Waals surface area (Å²) in [4.78, 5) is 4.02. The molecule has 5 heteroatoms. The Hall–Kier alpha value is -2.01. The fourth-order valence-corrected chi connectivity index (χ4v) is 1.91. The maximum atomic E-state index is 14.0. The predicted octanol–water partition coefficient (Wildman–Crippen LogP) is 3.74. The van der Waals surface area contributed by atoms with E-state index in [-0.39, 0.29) is 11.8 Å². The number of aryl methyl sites for hydroxylation is 1. The van der Waals surface area contributed by atoms with Crippen LogP contribution in [-0.4, -0.2) is 11.0 Å². The van der Waals surface area contributed by atoms with Crippen molar-refractivity contribution < 1.29 is 13.5 Å². The molecule has 0 saturated heterocycles. The molecule has 2 rings (SSSR count). The van der Waals surface area contributed by atoms with E-state index >= 15 is 0 Å². The summed E-state index contributed by atoms with van der Waals surface area (Å²) in [5.74, 6) is -1.62. The third-order valence-corrected chi connectivity index (χ3v) is 3.18. The summed E-state index contributed by atoms with van der Waals surface area (Å²) in [6.07, 6.45) is 2.60. The molecule has 0 fully saturated rings. The Kier molecular flexibility index (Phi) is 4.85. The average molecular weight is 292 g/mol. The van der Waals surface area contributed by atoms with Crippen molar-refractivity contribution in [3.05, 3.63) is 53.4 Å². The van der Waals surface area contributed by atoms with Crippen molar-refractivity contribution >= 4 is 0 Å². The van der Waals surface area contributed by atoms with E-state index in [1.165, 1.54) is 18.3 Å². The first-order chi connectivity index (χ1) is 9.99. The van der Waals surface area contributed by atoms with Crippen LogP contribution in [0, 0.1) is 18.6 Å². The third kappa shape index (κ3) is 3.98. The zero-order valence-electron chi connectivity index (χ0n) is 12.1. The number of ether oxygens (including phenoxy) is 1. The van der Waals surface area contributed by atoms with E-state index in [0.717, 1.165) is 12.1 Å². The van der Waals surface area contributed by atoms with Gasteiger partial charge in [-0.05, 0) is 49.6 Å². The number of aromatic nitrogens is 1. The van der Waals surface area contributed by atoms with Crippen LogP contribution in [0.25, 0.3) is 0 Å². The molecule has 0 aliphatic carbocycles. The van der Waals surface area contributed by atoms with Gasteiger partial charge >= 0.3 is 0 Å². The van der Waals surface area contributed by atoms with Gasteiger partial charge in [-0.25, -0.2) is 8.78 Å². The highest BCUT2D eigenvalue weighted by Crippen LogP contribution is 2.28. The monoisotopic (exact) mass is 292 g/mol. The lowest BCUT2D eigenvalue weighted by Gasteiger charge is -2.12. The number of benzene rings is 1. The number of pyridine rings is 1. The SMILES string of the molecule is CCC(N)Cc1cc(F)c(Oc2ccc(C)nc2)c(F)c1. The van der Waals surface area contributed by atoms with Crippen LogP contribution >= 0.6 is 0 Å². The minimum absolute atomic E-state index is 0.114. The molecule has 1 aromatic carbocycles. The van der Waals surface area contributed by atoms with Gasteiger partial charge in [-0.15, -0.1) is 0 Å². The van der Waals surface area contributed by atoms with Gasteiger partial charge in [0.05, 0.1) is 6.20 Å².